The average molecular weight is 584 g/mol. The fourth-order valence-electron chi connectivity index (χ4n) is 3.31. The molecule has 15 heteroatoms. The summed E-state index contributed by atoms with van der Waals surface area (Å²) >= 11 is 14.7. The maximum Gasteiger partial charge on any atom is 0.424 e. The summed E-state index contributed by atoms with van der Waals surface area (Å²) < 4.78 is 102. The Hall–Kier alpha value is -1.73. The Morgan fingerprint density at radius 3 is 2.23 bits per heavy atom. The van der Waals surface area contributed by atoms with Crippen molar-refractivity contribution >= 4 is 57.7 Å². The predicted molar refractivity (Wildman–Crippen MR) is 119 cm³/mol. The minimum absolute atomic E-state index is 0.0434. The van der Waals surface area contributed by atoms with Gasteiger partial charge in [0.05, 0.1) is 32.9 Å². The first-order chi connectivity index (χ1) is 16.1. The molecule has 1 heterocycles. The summed E-state index contributed by atoms with van der Waals surface area (Å²) in [6.45, 7) is -0.115. The van der Waals surface area contributed by atoms with E-state index in [2.05, 4.69) is 5.32 Å². The molecule has 0 bridgehead atoms. The quantitative estimate of drug-likeness (QED) is 0.320. The van der Waals surface area contributed by atoms with Crippen LogP contribution in [0.25, 0.3) is 0 Å². The van der Waals surface area contributed by atoms with E-state index >= 15 is 0 Å². The lowest BCUT2D eigenvalue weighted by molar-refractivity contribution is -0.242. The number of alkyl halides is 6. The van der Waals surface area contributed by atoms with Gasteiger partial charge in [-0.3, -0.25) is 13.3 Å². The van der Waals surface area contributed by atoms with Crippen LogP contribution in [0.1, 0.15) is 30.0 Å². The molecule has 2 aromatic carbocycles. The lowest BCUT2D eigenvalue weighted by atomic mass is 9.92. The van der Waals surface area contributed by atoms with E-state index in [1.54, 1.807) is 0 Å². The molecule has 2 atom stereocenters. The van der Waals surface area contributed by atoms with E-state index in [4.69, 9.17) is 39.0 Å². The van der Waals surface area contributed by atoms with Gasteiger partial charge >= 0.3 is 12.4 Å². The van der Waals surface area contributed by atoms with Crippen molar-refractivity contribution in [3.63, 3.8) is 0 Å². The number of nitrogens with zero attached hydrogens (tertiary/aromatic N) is 1. The van der Waals surface area contributed by atoms with Gasteiger partial charge in [0.2, 0.25) is 11.5 Å². The molecule has 3 rings (SSSR count). The Morgan fingerprint density at radius 1 is 1.11 bits per heavy atom. The van der Waals surface area contributed by atoms with Gasteiger partial charge in [-0.25, -0.2) is 4.21 Å². The maximum absolute atomic E-state index is 14.2. The predicted octanol–water partition coefficient (Wildman–Crippen LogP) is 6.56. The molecule has 0 aromatic heterocycles. The van der Waals surface area contributed by atoms with Crippen LogP contribution in [-0.2, 0) is 38.6 Å². The fraction of sp³-hybridized carbons (Fsp3) is 0.350. The molecule has 0 saturated carbocycles. The van der Waals surface area contributed by atoms with Gasteiger partial charge in [0.15, 0.2) is 0 Å². The standard InChI is InChI=1S/C20H15Cl3F6N2O3S/c1-2-16(32)30-8-10-3-4-12(7-13(10)19(24,25)26)31-9-18(20(27,28)29,34-35(31)33)11-5-14(21)17(23)15(22)6-11/h3-7H,2,8-9H2,1H3,(H,30,32). The molecule has 1 amide bonds. The second-order valence-corrected chi connectivity index (χ2v) is 9.62. The molecular formula is C20H15Cl3F6N2O3S. The molecular weight excluding hydrogens is 569 g/mol. The molecule has 2 aromatic rings. The summed E-state index contributed by atoms with van der Waals surface area (Å²) in [6, 6.07) is 4.26. The largest absolute Gasteiger partial charge is 0.424 e. The number of carbonyl (C=O) groups excluding carboxylic acids is 1. The third-order valence-corrected chi connectivity index (χ3v) is 7.48. The van der Waals surface area contributed by atoms with Gasteiger partial charge in [0.1, 0.15) is 0 Å². The molecule has 0 aliphatic carbocycles. The number of halogens is 9. The van der Waals surface area contributed by atoms with Crippen LogP contribution in [0.15, 0.2) is 30.3 Å². The number of carbonyl (C=O) groups is 1. The highest BCUT2D eigenvalue weighted by Crippen LogP contribution is 2.50. The number of nitrogens with one attached hydrogen (secondary N) is 1. The zero-order valence-corrected chi connectivity index (χ0v) is 20.6. The average Bonchev–Trinajstić information content (AvgIpc) is 3.13. The van der Waals surface area contributed by atoms with Gasteiger partial charge in [-0.05, 0) is 35.4 Å². The molecule has 1 aliphatic heterocycles. The van der Waals surface area contributed by atoms with Crippen molar-refractivity contribution < 1.29 is 39.5 Å². The van der Waals surface area contributed by atoms with E-state index in [0.29, 0.717) is 10.4 Å². The van der Waals surface area contributed by atoms with Crippen LogP contribution in [-0.4, -0.2) is 22.8 Å². The Kier molecular flexibility index (Phi) is 7.93. The van der Waals surface area contributed by atoms with Crippen molar-refractivity contribution in [3.8, 4) is 0 Å². The second-order valence-electron chi connectivity index (χ2n) is 7.39. The van der Waals surface area contributed by atoms with Gasteiger partial charge in [-0.1, -0.05) is 47.8 Å². The van der Waals surface area contributed by atoms with Crippen molar-refractivity contribution in [2.75, 3.05) is 10.8 Å². The summed E-state index contributed by atoms with van der Waals surface area (Å²) in [5.74, 6) is -0.494. The summed E-state index contributed by atoms with van der Waals surface area (Å²) in [5, 5.41) is 1.43. The van der Waals surface area contributed by atoms with E-state index < -0.39 is 65.0 Å². The molecule has 0 spiro atoms. The zero-order valence-electron chi connectivity index (χ0n) is 17.5. The summed E-state index contributed by atoms with van der Waals surface area (Å²) in [5.41, 5.74) is -5.85. The van der Waals surface area contributed by atoms with Crippen LogP contribution in [0, 0.1) is 0 Å². The number of amides is 1. The van der Waals surface area contributed by atoms with Crippen LogP contribution in [0.2, 0.25) is 15.1 Å². The number of hydrogen-bond acceptors (Lipinski definition) is 3. The lowest BCUT2D eigenvalue weighted by Gasteiger charge is -2.29. The second kappa shape index (κ2) is 9.97. The highest BCUT2D eigenvalue weighted by Gasteiger charge is 2.64. The van der Waals surface area contributed by atoms with Gasteiger partial charge in [-0.15, -0.1) is 0 Å². The van der Waals surface area contributed by atoms with Gasteiger partial charge in [-0.2, -0.15) is 26.3 Å². The minimum Gasteiger partial charge on any atom is -0.352 e. The van der Waals surface area contributed by atoms with E-state index in [0.717, 1.165) is 24.3 Å². The summed E-state index contributed by atoms with van der Waals surface area (Å²) in [6.07, 6.45) is -10.0. The van der Waals surface area contributed by atoms with Crippen molar-refractivity contribution in [2.24, 2.45) is 0 Å². The molecule has 192 valence electrons. The highest BCUT2D eigenvalue weighted by molar-refractivity contribution is 7.82. The van der Waals surface area contributed by atoms with E-state index in [-0.39, 0.29) is 27.1 Å². The van der Waals surface area contributed by atoms with E-state index in [9.17, 15) is 35.3 Å². The third kappa shape index (κ3) is 5.51. The molecule has 35 heavy (non-hydrogen) atoms. The van der Waals surface area contributed by atoms with Gasteiger partial charge in [0, 0.05) is 13.0 Å². The molecule has 5 nitrogen and oxygen atoms in total. The Balaban J connectivity index is 2.06. The van der Waals surface area contributed by atoms with Gasteiger partial charge in [0.25, 0.3) is 11.3 Å². The molecule has 2 unspecified atom stereocenters. The van der Waals surface area contributed by atoms with Crippen molar-refractivity contribution in [3.05, 3.63) is 62.1 Å². The van der Waals surface area contributed by atoms with Crippen LogP contribution in [0.4, 0.5) is 32.0 Å². The van der Waals surface area contributed by atoms with E-state index in [1.165, 1.54) is 6.92 Å². The molecule has 1 N–H and O–H groups in total. The summed E-state index contributed by atoms with van der Waals surface area (Å²) in [7, 11) is 0. The summed E-state index contributed by atoms with van der Waals surface area (Å²) in [4.78, 5) is 11.4. The molecule has 1 fully saturated rings. The lowest BCUT2D eigenvalue weighted by Crippen LogP contribution is -2.46. The first kappa shape index (κ1) is 27.9. The molecule has 1 saturated heterocycles. The number of rotatable bonds is 5. The van der Waals surface area contributed by atoms with E-state index in [1.807, 2.05) is 0 Å². The SMILES string of the molecule is CCC(=O)NCc1ccc(N2CC(c3cc(Cl)c(Cl)c(Cl)c3)(C(F)(F)F)OS2=O)cc1C(F)(F)F. The van der Waals surface area contributed by atoms with Crippen LogP contribution >= 0.6 is 34.8 Å². The Morgan fingerprint density at radius 2 is 1.71 bits per heavy atom. The van der Waals surface area contributed by atoms with Crippen molar-refractivity contribution in [2.45, 2.75) is 37.8 Å². The van der Waals surface area contributed by atoms with Gasteiger partial charge < -0.3 is 5.32 Å². The third-order valence-electron chi connectivity index (χ3n) is 5.15. The topological polar surface area (TPSA) is 58.6 Å². The molecule has 1 aliphatic rings. The minimum atomic E-state index is -5.17. The molecule has 0 radical (unpaired) electrons. The normalized spacial score (nSPS) is 20.9. The Labute approximate surface area is 213 Å². The first-order valence-electron chi connectivity index (χ1n) is 9.68. The first-order valence-corrected chi connectivity index (χ1v) is 11.8. The zero-order chi connectivity index (χ0) is 26.3. The van der Waals surface area contributed by atoms with Crippen LogP contribution in [0.5, 0.6) is 0 Å². The van der Waals surface area contributed by atoms with Crippen LogP contribution in [0.3, 0.4) is 0 Å². The highest BCUT2D eigenvalue weighted by atomic mass is 35.5. The van der Waals surface area contributed by atoms with Crippen LogP contribution < -0.4 is 9.62 Å². The number of benzene rings is 2. The monoisotopic (exact) mass is 582 g/mol. The van der Waals surface area contributed by atoms with Crippen molar-refractivity contribution in [1.29, 1.82) is 0 Å². The maximum atomic E-state index is 14.2. The smallest absolute Gasteiger partial charge is 0.352 e. The Bertz CT molecular complexity index is 1150. The number of anilines is 1. The fourth-order valence-corrected chi connectivity index (χ4v) is 5.06. The van der Waals surface area contributed by atoms with Crippen molar-refractivity contribution in [1.82, 2.24) is 5.32 Å². The number of hydrogen-bond donors (Lipinski definition) is 1.